The Bertz CT molecular complexity index is 635. The van der Waals surface area contributed by atoms with E-state index in [2.05, 4.69) is 16.8 Å². The van der Waals surface area contributed by atoms with Crippen molar-refractivity contribution >= 4 is 11.5 Å². The molecule has 0 amide bonds. The Labute approximate surface area is 117 Å². The van der Waals surface area contributed by atoms with Gasteiger partial charge < -0.3 is 14.4 Å². The molecule has 5 nitrogen and oxygen atoms in total. The minimum Gasteiger partial charge on any atom is -0.478 e. The standard InChI is InChI=1S/C15H19N3O2/c1-2-17-7-3-4-11(9-17)14-16-8-13-6-5-12(15(19)20)10-18(13)14/h5-6,8,10-11H,2-4,7,9H2,1H3,(H,19,20). The summed E-state index contributed by atoms with van der Waals surface area (Å²) in [6, 6.07) is 3.45. The normalized spacial score (nSPS) is 20.4. The average molecular weight is 273 g/mol. The molecule has 1 saturated heterocycles. The molecule has 0 radical (unpaired) electrons. The summed E-state index contributed by atoms with van der Waals surface area (Å²) in [7, 11) is 0. The van der Waals surface area contributed by atoms with E-state index in [-0.39, 0.29) is 0 Å². The number of imidazole rings is 1. The van der Waals surface area contributed by atoms with Crippen LogP contribution < -0.4 is 0 Å². The average Bonchev–Trinajstić information content (AvgIpc) is 2.90. The summed E-state index contributed by atoms with van der Waals surface area (Å²) in [4.78, 5) is 18.1. The zero-order valence-electron chi connectivity index (χ0n) is 11.6. The summed E-state index contributed by atoms with van der Waals surface area (Å²) >= 11 is 0. The van der Waals surface area contributed by atoms with E-state index in [4.69, 9.17) is 5.11 Å². The molecule has 1 atom stereocenters. The van der Waals surface area contributed by atoms with Crippen molar-refractivity contribution in [3.63, 3.8) is 0 Å². The SMILES string of the molecule is CCN1CCCC(c2ncc3ccc(C(=O)O)cn23)C1. The first-order valence-electron chi connectivity index (χ1n) is 7.11. The minimum atomic E-state index is -0.898. The fourth-order valence-electron chi connectivity index (χ4n) is 2.99. The number of fused-ring (bicyclic) bond motifs is 1. The van der Waals surface area contributed by atoms with Crippen LogP contribution in [-0.2, 0) is 0 Å². The smallest absolute Gasteiger partial charge is 0.337 e. The van der Waals surface area contributed by atoms with Gasteiger partial charge in [0, 0.05) is 18.7 Å². The predicted octanol–water partition coefficient (Wildman–Crippen LogP) is 2.23. The summed E-state index contributed by atoms with van der Waals surface area (Å²) in [6.45, 7) is 5.39. The van der Waals surface area contributed by atoms with Gasteiger partial charge in [0.25, 0.3) is 0 Å². The van der Waals surface area contributed by atoms with Crippen molar-refractivity contribution in [3.8, 4) is 0 Å². The highest BCUT2D eigenvalue weighted by molar-refractivity contribution is 5.87. The Balaban J connectivity index is 1.98. The quantitative estimate of drug-likeness (QED) is 0.931. The minimum absolute atomic E-state index is 0.305. The van der Waals surface area contributed by atoms with Gasteiger partial charge in [-0.25, -0.2) is 9.78 Å². The second-order valence-corrected chi connectivity index (χ2v) is 5.37. The molecule has 1 aliphatic heterocycles. The van der Waals surface area contributed by atoms with Gasteiger partial charge >= 0.3 is 5.97 Å². The molecule has 20 heavy (non-hydrogen) atoms. The number of carboxylic acids is 1. The van der Waals surface area contributed by atoms with E-state index in [9.17, 15) is 4.79 Å². The first-order chi connectivity index (χ1) is 9.69. The lowest BCUT2D eigenvalue weighted by atomic mass is 9.97. The zero-order valence-corrected chi connectivity index (χ0v) is 11.6. The van der Waals surface area contributed by atoms with E-state index in [1.165, 1.54) is 6.42 Å². The van der Waals surface area contributed by atoms with Crippen molar-refractivity contribution in [2.45, 2.75) is 25.7 Å². The number of aromatic carboxylic acids is 1. The summed E-state index contributed by atoms with van der Waals surface area (Å²) < 4.78 is 1.94. The van der Waals surface area contributed by atoms with Crippen LogP contribution in [-0.4, -0.2) is 45.0 Å². The number of pyridine rings is 1. The van der Waals surface area contributed by atoms with E-state index >= 15 is 0 Å². The molecule has 3 rings (SSSR count). The highest BCUT2D eigenvalue weighted by Crippen LogP contribution is 2.26. The van der Waals surface area contributed by atoms with Crippen LogP contribution in [0.25, 0.3) is 5.52 Å². The maximum Gasteiger partial charge on any atom is 0.337 e. The number of nitrogens with zero attached hydrogens (tertiary/aromatic N) is 3. The van der Waals surface area contributed by atoms with Crippen LogP contribution in [0.5, 0.6) is 0 Å². The second kappa shape index (κ2) is 5.25. The first-order valence-corrected chi connectivity index (χ1v) is 7.11. The number of carboxylic acid groups (broad SMARTS) is 1. The second-order valence-electron chi connectivity index (χ2n) is 5.37. The summed E-state index contributed by atoms with van der Waals surface area (Å²) in [5.41, 5.74) is 1.26. The fraction of sp³-hybridized carbons (Fsp3) is 0.467. The summed E-state index contributed by atoms with van der Waals surface area (Å²) in [5, 5.41) is 9.12. The maximum absolute atomic E-state index is 11.1. The van der Waals surface area contributed by atoms with Crippen molar-refractivity contribution in [1.82, 2.24) is 14.3 Å². The number of piperidine rings is 1. The van der Waals surface area contributed by atoms with Gasteiger partial charge in [0.2, 0.25) is 0 Å². The summed E-state index contributed by atoms with van der Waals surface area (Å²) in [6.07, 6.45) is 5.80. The first kappa shape index (κ1) is 13.1. The molecular formula is C15H19N3O2. The van der Waals surface area contributed by atoms with Crippen molar-refractivity contribution in [2.24, 2.45) is 0 Å². The van der Waals surface area contributed by atoms with E-state index < -0.39 is 5.97 Å². The third-order valence-corrected chi connectivity index (χ3v) is 4.12. The Morgan fingerprint density at radius 2 is 2.35 bits per heavy atom. The number of aromatic nitrogens is 2. The van der Waals surface area contributed by atoms with Gasteiger partial charge in [0.1, 0.15) is 5.82 Å². The maximum atomic E-state index is 11.1. The van der Waals surface area contributed by atoms with Gasteiger partial charge in [-0.05, 0) is 38.1 Å². The summed E-state index contributed by atoms with van der Waals surface area (Å²) in [5.74, 6) is 0.474. The Morgan fingerprint density at radius 3 is 3.10 bits per heavy atom. The molecule has 0 saturated carbocycles. The fourth-order valence-corrected chi connectivity index (χ4v) is 2.99. The largest absolute Gasteiger partial charge is 0.478 e. The van der Waals surface area contributed by atoms with Crippen LogP contribution in [0, 0.1) is 0 Å². The molecule has 2 aromatic heterocycles. The van der Waals surface area contributed by atoms with Gasteiger partial charge in [0.05, 0.1) is 17.3 Å². The molecule has 0 aromatic carbocycles. The van der Waals surface area contributed by atoms with Crippen LogP contribution >= 0.6 is 0 Å². The Hall–Kier alpha value is -1.88. The van der Waals surface area contributed by atoms with Gasteiger partial charge in [-0.1, -0.05) is 6.92 Å². The van der Waals surface area contributed by atoms with E-state index in [0.29, 0.717) is 11.5 Å². The number of likely N-dealkylation sites (N-methyl/N-ethyl adjacent to an activating group) is 1. The van der Waals surface area contributed by atoms with Crippen LogP contribution in [0.3, 0.4) is 0 Å². The Kier molecular flexibility index (Phi) is 3.44. The molecule has 106 valence electrons. The molecule has 0 spiro atoms. The van der Waals surface area contributed by atoms with Crippen molar-refractivity contribution < 1.29 is 9.90 Å². The third kappa shape index (κ3) is 2.29. The molecule has 1 unspecified atom stereocenters. The molecule has 0 aliphatic carbocycles. The highest BCUT2D eigenvalue weighted by Gasteiger charge is 2.23. The Morgan fingerprint density at radius 1 is 1.50 bits per heavy atom. The zero-order chi connectivity index (χ0) is 14.1. The number of hydrogen-bond donors (Lipinski definition) is 1. The lowest BCUT2D eigenvalue weighted by molar-refractivity contribution is 0.0696. The van der Waals surface area contributed by atoms with Crippen LogP contribution in [0.1, 0.15) is 41.9 Å². The molecule has 1 N–H and O–H groups in total. The molecular weight excluding hydrogens is 254 g/mol. The molecule has 5 heteroatoms. The van der Waals surface area contributed by atoms with E-state index in [1.807, 2.05) is 16.7 Å². The molecule has 0 bridgehead atoms. The van der Waals surface area contributed by atoms with Crippen LogP contribution in [0.2, 0.25) is 0 Å². The van der Waals surface area contributed by atoms with Gasteiger partial charge in [0.15, 0.2) is 0 Å². The number of rotatable bonds is 3. The predicted molar refractivity (Wildman–Crippen MR) is 76.2 cm³/mol. The van der Waals surface area contributed by atoms with Crippen molar-refractivity contribution in [2.75, 3.05) is 19.6 Å². The van der Waals surface area contributed by atoms with Crippen molar-refractivity contribution in [3.05, 3.63) is 35.9 Å². The van der Waals surface area contributed by atoms with Crippen LogP contribution in [0.4, 0.5) is 0 Å². The third-order valence-electron chi connectivity index (χ3n) is 4.12. The molecule has 3 heterocycles. The van der Waals surface area contributed by atoms with E-state index in [1.54, 1.807) is 12.3 Å². The lowest BCUT2D eigenvalue weighted by Gasteiger charge is -2.31. The number of hydrogen-bond acceptors (Lipinski definition) is 3. The number of carbonyl (C=O) groups is 1. The lowest BCUT2D eigenvalue weighted by Crippen LogP contribution is -2.34. The van der Waals surface area contributed by atoms with Crippen molar-refractivity contribution in [1.29, 1.82) is 0 Å². The molecule has 1 fully saturated rings. The van der Waals surface area contributed by atoms with Gasteiger partial charge in [-0.3, -0.25) is 0 Å². The topological polar surface area (TPSA) is 57.8 Å². The van der Waals surface area contributed by atoms with Gasteiger partial charge in [-0.2, -0.15) is 0 Å². The van der Waals surface area contributed by atoms with E-state index in [0.717, 1.165) is 37.4 Å². The molecule has 1 aliphatic rings. The van der Waals surface area contributed by atoms with Gasteiger partial charge in [-0.15, -0.1) is 0 Å². The highest BCUT2D eigenvalue weighted by atomic mass is 16.4. The van der Waals surface area contributed by atoms with Crippen LogP contribution in [0.15, 0.2) is 24.5 Å². The monoisotopic (exact) mass is 273 g/mol. The molecule has 2 aromatic rings. The number of likely N-dealkylation sites (tertiary alicyclic amines) is 1.